The van der Waals surface area contributed by atoms with Gasteiger partial charge in [-0.1, -0.05) is 12.1 Å². The maximum absolute atomic E-state index is 12.9. The molecule has 27 heavy (non-hydrogen) atoms. The topological polar surface area (TPSA) is 41.6 Å². The highest BCUT2D eigenvalue weighted by molar-refractivity contribution is 5.82. The van der Waals surface area contributed by atoms with Crippen LogP contribution in [0.5, 0.6) is 5.75 Å². The Kier molecular flexibility index (Phi) is 5.72. The van der Waals surface area contributed by atoms with Crippen LogP contribution in [0.4, 0.5) is 0 Å². The van der Waals surface area contributed by atoms with Crippen molar-refractivity contribution < 1.29 is 9.53 Å². The van der Waals surface area contributed by atoms with Gasteiger partial charge in [-0.15, -0.1) is 0 Å². The molecule has 1 aromatic rings. The number of aryl methyl sites for hydroxylation is 1. The lowest BCUT2D eigenvalue weighted by atomic mass is 9.89. The number of nitrogens with zero attached hydrogens (tertiary/aromatic N) is 1. The van der Waals surface area contributed by atoms with Crippen LogP contribution in [0, 0.1) is 17.3 Å². The van der Waals surface area contributed by atoms with Crippen LogP contribution in [0.15, 0.2) is 24.3 Å². The fourth-order valence-electron chi connectivity index (χ4n) is 5.13. The Balaban J connectivity index is 1.19. The summed E-state index contributed by atoms with van der Waals surface area (Å²) >= 11 is 0. The van der Waals surface area contributed by atoms with E-state index in [2.05, 4.69) is 34.5 Å². The summed E-state index contributed by atoms with van der Waals surface area (Å²) in [6.07, 6.45) is 8.24. The average molecular weight is 371 g/mol. The number of carbonyl (C=O) groups excluding carboxylic acids is 1. The predicted octanol–water partition coefficient (Wildman–Crippen LogP) is 3.65. The second-order valence-corrected chi connectivity index (χ2v) is 8.75. The monoisotopic (exact) mass is 370 g/mol. The van der Waals surface area contributed by atoms with Crippen LogP contribution in [0.3, 0.4) is 0 Å². The van der Waals surface area contributed by atoms with Crippen molar-refractivity contribution in [2.75, 3.05) is 32.8 Å². The molecular formula is C23H34N2O2. The largest absolute Gasteiger partial charge is 0.494 e. The maximum atomic E-state index is 12.9. The molecule has 1 unspecified atom stereocenters. The minimum Gasteiger partial charge on any atom is -0.494 e. The van der Waals surface area contributed by atoms with E-state index in [1.165, 1.54) is 37.7 Å². The average Bonchev–Trinajstić information content (AvgIpc) is 3.40. The molecule has 3 aliphatic rings. The lowest BCUT2D eigenvalue weighted by Gasteiger charge is -2.33. The molecule has 4 heteroatoms. The minimum atomic E-state index is 0.333. The number of piperidine rings is 2. The first-order chi connectivity index (χ1) is 13.2. The summed E-state index contributed by atoms with van der Waals surface area (Å²) in [5, 5.41) is 3.43. The Bertz CT molecular complexity index is 628. The predicted molar refractivity (Wildman–Crippen MR) is 108 cm³/mol. The van der Waals surface area contributed by atoms with E-state index in [0.717, 1.165) is 57.3 Å². The summed E-state index contributed by atoms with van der Waals surface area (Å²) in [6, 6.07) is 8.53. The normalized spacial score (nSPS) is 24.8. The Hall–Kier alpha value is -1.55. The molecule has 2 saturated heterocycles. The van der Waals surface area contributed by atoms with Gasteiger partial charge in [0.15, 0.2) is 0 Å². The third-order valence-electron chi connectivity index (χ3n) is 7.09. The molecule has 1 saturated carbocycles. The molecular weight excluding hydrogens is 336 g/mol. The Morgan fingerprint density at radius 3 is 2.56 bits per heavy atom. The summed E-state index contributed by atoms with van der Waals surface area (Å²) < 4.78 is 5.51. The van der Waals surface area contributed by atoms with E-state index < -0.39 is 0 Å². The van der Waals surface area contributed by atoms with Gasteiger partial charge in [0, 0.05) is 19.0 Å². The van der Waals surface area contributed by atoms with Crippen molar-refractivity contribution in [2.24, 2.45) is 17.3 Å². The van der Waals surface area contributed by atoms with Gasteiger partial charge >= 0.3 is 0 Å². The van der Waals surface area contributed by atoms with Crippen LogP contribution < -0.4 is 10.1 Å². The summed E-state index contributed by atoms with van der Waals surface area (Å²) in [4.78, 5) is 15.1. The summed E-state index contributed by atoms with van der Waals surface area (Å²) in [5.41, 5.74) is 1.76. The van der Waals surface area contributed by atoms with E-state index in [0.29, 0.717) is 17.2 Å². The third kappa shape index (κ3) is 4.31. The first-order valence-electron chi connectivity index (χ1n) is 10.9. The molecule has 1 amide bonds. The van der Waals surface area contributed by atoms with Crippen molar-refractivity contribution in [1.82, 2.24) is 10.2 Å². The lowest BCUT2D eigenvalue weighted by Crippen LogP contribution is -2.41. The molecule has 2 heterocycles. The second kappa shape index (κ2) is 8.22. The van der Waals surface area contributed by atoms with Crippen molar-refractivity contribution >= 4 is 5.91 Å². The van der Waals surface area contributed by atoms with E-state index in [1.54, 1.807) is 0 Å². The van der Waals surface area contributed by atoms with E-state index in [4.69, 9.17) is 4.74 Å². The lowest BCUT2D eigenvalue weighted by molar-refractivity contribution is -0.135. The van der Waals surface area contributed by atoms with Crippen LogP contribution >= 0.6 is 0 Å². The number of hydrogen-bond donors (Lipinski definition) is 1. The molecule has 148 valence electrons. The number of carbonyl (C=O) groups is 1. The molecule has 0 bridgehead atoms. The molecule has 4 rings (SSSR count). The van der Waals surface area contributed by atoms with Gasteiger partial charge in [-0.25, -0.2) is 0 Å². The van der Waals surface area contributed by atoms with Crippen molar-refractivity contribution in [1.29, 1.82) is 0 Å². The first-order valence-corrected chi connectivity index (χ1v) is 10.9. The van der Waals surface area contributed by atoms with Crippen LogP contribution in [0.1, 0.15) is 51.0 Å². The van der Waals surface area contributed by atoms with Crippen LogP contribution in [-0.4, -0.2) is 43.6 Å². The van der Waals surface area contributed by atoms with Gasteiger partial charge in [0.05, 0.1) is 6.61 Å². The van der Waals surface area contributed by atoms with Gasteiger partial charge in [0.25, 0.3) is 0 Å². The molecule has 1 atom stereocenters. The quantitative estimate of drug-likeness (QED) is 0.831. The Morgan fingerprint density at radius 1 is 1.19 bits per heavy atom. The van der Waals surface area contributed by atoms with E-state index in [1.807, 2.05) is 6.92 Å². The summed E-state index contributed by atoms with van der Waals surface area (Å²) in [5.74, 6) is 2.51. The fraction of sp³-hybridized carbons (Fsp3) is 0.696. The highest BCUT2D eigenvalue weighted by Gasteiger charge is 2.58. The zero-order valence-electron chi connectivity index (χ0n) is 16.7. The molecule has 1 aromatic carbocycles. The van der Waals surface area contributed by atoms with Crippen LogP contribution in [0.25, 0.3) is 0 Å². The minimum absolute atomic E-state index is 0.333. The zero-order valence-corrected chi connectivity index (χ0v) is 16.7. The standard InChI is InChI=1S/C23H34N2O2/c1-2-27-20-7-5-18(6-8-20)3-4-19-9-15-25(16-10-19)22(26)21-17-23(21)11-13-24-14-12-23/h5-8,19,21,24H,2-4,9-17H2,1H3. The molecule has 1 aliphatic carbocycles. The Morgan fingerprint density at radius 2 is 1.89 bits per heavy atom. The van der Waals surface area contributed by atoms with Crippen molar-refractivity contribution in [3.63, 3.8) is 0 Å². The molecule has 0 aromatic heterocycles. The van der Waals surface area contributed by atoms with Crippen molar-refractivity contribution in [3.8, 4) is 5.75 Å². The molecule has 1 N–H and O–H groups in total. The van der Waals surface area contributed by atoms with E-state index in [-0.39, 0.29) is 0 Å². The van der Waals surface area contributed by atoms with Gasteiger partial charge < -0.3 is 15.0 Å². The number of likely N-dealkylation sites (tertiary alicyclic amines) is 1. The summed E-state index contributed by atoms with van der Waals surface area (Å²) in [6.45, 7) is 6.86. The third-order valence-corrected chi connectivity index (χ3v) is 7.09. The SMILES string of the molecule is CCOc1ccc(CCC2CCN(C(=O)C3CC34CCNCC4)CC2)cc1. The zero-order chi connectivity index (χ0) is 18.7. The maximum Gasteiger partial charge on any atom is 0.226 e. The molecule has 0 radical (unpaired) electrons. The highest BCUT2D eigenvalue weighted by Crippen LogP contribution is 2.59. The van der Waals surface area contributed by atoms with Gasteiger partial charge in [0.1, 0.15) is 5.75 Å². The smallest absolute Gasteiger partial charge is 0.226 e. The highest BCUT2D eigenvalue weighted by atomic mass is 16.5. The molecule has 1 spiro atoms. The number of rotatable bonds is 6. The molecule has 2 aliphatic heterocycles. The van der Waals surface area contributed by atoms with Crippen LogP contribution in [-0.2, 0) is 11.2 Å². The fourth-order valence-corrected chi connectivity index (χ4v) is 5.13. The number of benzene rings is 1. The number of nitrogens with one attached hydrogen (secondary N) is 1. The Labute approximate surface area is 163 Å². The molecule has 3 fully saturated rings. The van der Waals surface area contributed by atoms with Gasteiger partial charge in [-0.2, -0.15) is 0 Å². The van der Waals surface area contributed by atoms with Crippen LogP contribution in [0.2, 0.25) is 0 Å². The van der Waals surface area contributed by atoms with E-state index in [9.17, 15) is 4.79 Å². The number of ether oxygens (including phenoxy) is 1. The van der Waals surface area contributed by atoms with Crippen molar-refractivity contribution in [3.05, 3.63) is 29.8 Å². The van der Waals surface area contributed by atoms with E-state index >= 15 is 0 Å². The van der Waals surface area contributed by atoms with Gasteiger partial charge in [0.2, 0.25) is 5.91 Å². The second-order valence-electron chi connectivity index (χ2n) is 8.75. The number of amides is 1. The van der Waals surface area contributed by atoms with Gasteiger partial charge in [-0.05, 0) is 94.0 Å². The summed E-state index contributed by atoms with van der Waals surface area (Å²) in [7, 11) is 0. The first kappa shape index (κ1) is 18.8. The molecule has 4 nitrogen and oxygen atoms in total. The van der Waals surface area contributed by atoms with Gasteiger partial charge in [-0.3, -0.25) is 4.79 Å². The number of hydrogen-bond acceptors (Lipinski definition) is 3. The van der Waals surface area contributed by atoms with Crippen molar-refractivity contribution in [2.45, 2.75) is 51.9 Å².